The molecular weight excluding hydrogens is 552 g/mol. The smallest absolute Gasteiger partial charge is 0.312 e. The van der Waals surface area contributed by atoms with Crippen LogP contribution in [0.25, 0.3) is 0 Å². The predicted octanol–water partition coefficient (Wildman–Crippen LogP) is 7.41. The van der Waals surface area contributed by atoms with Gasteiger partial charge in [-0.15, -0.1) is 0 Å². The van der Waals surface area contributed by atoms with Crippen molar-refractivity contribution in [2.75, 3.05) is 0 Å². The van der Waals surface area contributed by atoms with Crippen molar-refractivity contribution in [1.29, 1.82) is 0 Å². The number of ether oxygens (including phenoxy) is 4. The van der Waals surface area contributed by atoms with E-state index in [1.165, 1.54) is 29.2 Å². The molecule has 9 aliphatic rings. The van der Waals surface area contributed by atoms with Crippen molar-refractivity contribution in [1.82, 2.24) is 0 Å². The second-order valence-electron chi connectivity index (χ2n) is 12.3. The molecule has 1 fully saturated rings. The maximum Gasteiger partial charge on any atom is 0.312 e. The second kappa shape index (κ2) is 11.7. The van der Waals surface area contributed by atoms with Crippen molar-refractivity contribution in [3.05, 3.63) is 142 Å². The first-order valence-electron chi connectivity index (χ1n) is 15.4. The Labute approximate surface area is 257 Å². The lowest BCUT2D eigenvalue weighted by Gasteiger charge is -2.29. The van der Waals surface area contributed by atoms with Gasteiger partial charge in [0.05, 0.1) is 6.42 Å². The summed E-state index contributed by atoms with van der Waals surface area (Å²) in [5.41, 5.74) is 8.41. The standard InChI is InChI=1S/C38H36O6/c1-24(39)41-34-29-15-7-25(8-16-29)3-4-26-9-17-30(18-10-26)35(34)42-33(40)23-38(2)43-36-31-19-11-27(12-20-31)5-6-28-13-21-32(22-14-28)37(36)44-38/h7-22,34-37H,3-6,23H2,1-2H3/t34-,35-,36-,37+,38?/m0/s1. The summed E-state index contributed by atoms with van der Waals surface area (Å²) in [6.07, 6.45) is 1.14. The minimum absolute atomic E-state index is 0.142. The Kier molecular flexibility index (Phi) is 7.57. The summed E-state index contributed by atoms with van der Waals surface area (Å²) in [6, 6.07) is 32.9. The van der Waals surface area contributed by atoms with Gasteiger partial charge in [0.2, 0.25) is 0 Å². The van der Waals surface area contributed by atoms with Crippen molar-refractivity contribution in [3.8, 4) is 0 Å². The summed E-state index contributed by atoms with van der Waals surface area (Å²) < 4.78 is 25.2. The Morgan fingerprint density at radius 3 is 1.30 bits per heavy atom. The van der Waals surface area contributed by atoms with Crippen LogP contribution in [0.3, 0.4) is 0 Å². The van der Waals surface area contributed by atoms with Gasteiger partial charge in [-0.3, -0.25) is 9.59 Å². The van der Waals surface area contributed by atoms with E-state index in [-0.39, 0.29) is 6.42 Å². The maximum absolute atomic E-state index is 13.8. The van der Waals surface area contributed by atoms with Crippen LogP contribution >= 0.6 is 0 Å². The molecule has 1 saturated heterocycles. The molecule has 4 aromatic rings. The van der Waals surface area contributed by atoms with Gasteiger partial charge in [0.1, 0.15) is 12.2 Å². The fourth-order valence-corrected chi connectivity index (χ4v) is 6.56. The molecule has 44 heavy (non-hydrogen) atoms. The minimum Gasteiger partial charge on any atom is -0.453 e. The Hall–Kier alpha value is -4.26. The maximum atomic E-state index is 13.8. The van der Waals surface area contributed by atoms with E-state index in [2.05, 4.69) is 48.5 Å². The van der Waals surface area contributed by atoms with E-state index in [9.17, 15) is 9.59 Å². The molecule has 8 aliphatic carbocycles. The predicted molar refractivity (Wildman–Crippen MR) is 165 cm³/mol. The molecule has 1 aliphatic heterocycles. The molecule has 0 saturated carbocycles. The highest BCUT2D eigenvalue weighted by Gasteiger charge is 2.48. The lowest BCUT2D eigenvalue weighted by molar-refractivity contribution is -0.194. The average Bonchev–Trinajstić information content (AvgIpc) is 3.37. The molecule has 8 bridgehead atoms. The molecule has 0 radical (unpaired) electrons. The summed E-state index contributed by atoms with van der Waals surface area (Å²) in [7, 11) is 0. The van der Waals surface area contributed by atoms with Gasteiger partial charge < -0.3 is 18.9 Å². The minimum atomic E-state index is -1.24. The van der Waals surface area contributed by atoms with Gasteiger partial charge in [-0.05, 0) is 77.1 Å². The zero-order chi connectivity index (χ0) is 30.3. The number of carbonyl (C=O) groups is 2. The number of hydrogen-bond acceptors (Lipinski definition) is 6. The average molecular weight is 589 g/mol. The molecule has 0 amide bonds. The second-order valence-corrected chi connectivity index (χ2v) is 12.3. The van der Waals surface area contributed by atoms with E-state index < -0.39 is 42.1 Å². The number of carbonyl (C=O) groups excluding carboxylic acids is 2. The topological polar surface area (TPSA) is 71.1 Å². The van der Waals surface area contributed by atoms with Gasteiger partial charge in [-0.25, -0.2) is 0 Å². The summed E-state index contributed by atoms with van der Waals surface area (Å²) in [5, 5.41) is 0. The lowest BCUT2D eigenvalue weighted by atomic mass is 9.93. The van der Waals surface area contributed by atoms with Gasteiger partial charge in [0.15, 0.2) is 18.0 Å². The third kappa shape index (κ3) is 5.92. The quantitative estimate of drug-likeness (QED) is 0.231. The lowest BCUT2D eigenvalue weighted by Crippen LogP contribution is -2.32. The van der Waals surface area contributed by atoms with Gasteiger partial charge in [-0.2, -0.15) is 0 Å². The van der Waals surface area contributed by atoms with Gasteiger partial charge in [-0.1, -0.05) is 97.1 Å². The van der Waals surface area contributed by atoms with E-state index in [0.29, 0.717) is 0 Å². The highest BCUT2D eigenvalue weighted by molar-refractivity contribution is 5.71. The Balaban J connectivity index is 1.18. The Morgan fingerprint density at radius 2 is 0.932 bits per heavy atom. The molecule has 6 heteroatoms. The van der Waals surface area contributed by atoms with Crippen molar-refractivity contribution < 1.29 is 28.5 Å². The van der Waals surface area contributed by atoms with Crippen LogP contribution in [0.1, 0.15) is 89.2 Å². The Bertz CT molecular complexity index is 1580. The first-order valence-corrected chi connectivity index (χ1v) is 15.4. The summed E-state index contributed by atoms with van der Waals surface area (Å²) in [5.74, 6) is -2.20. The number of aryl methyl sites for hydroxylation is 4. The normalized spacial score (nSPS) is 25.3. The van der Waals surface area contributed by atoms with E-state index in [1.807, 2.05) is 48.5 Å². The van der Waals surface area contributed by atoms with Gasteiger partial charge in [0, 0.05) is 6.92 Å². The van der Waals surface area contributed by atoms with Crippen LogP contribution in [-0.2, 0) is 54.2 Å². The van der Waals surface area contributed by atoms with Crippen molar-refractivity contribution >= 4 is 11.9 Å². The molecular formula is C38H36O6. The fraction of sp³-hybridized carbons (Fsp3) is 0.316. The van der Waals surface area contributed by atoms with Crippen LogP contribution in [0.4, 0.5) is 0 Å². The molecule has 1 unspecified atom stereocenters. The van der Waals surface area contributed by atoms with Crippen LogP contribution in [0, 0.1) is 0 Å². The van der Waals surface area contributed by atoms with Crippen molar-refractivity contribution in [2.45, 2.75) is 76.2 Å². The molecule has 1 heterocycles. The summed E-state index contributed by atoms with van der Waals surface area (Å²) >= 11 is 0. The largest absolute Gasteiger partial charge is 0.453 e. The number of hydrogen-bond donors (Lipinski definition) is 0. The fourth-order valence-electron chi connectivity index (χ4n) is 6.56. The summed E-state index contributed by atoms with van der Waals surface area (Å²) in [4.78, 5) is 26.1. The van der Waals surface area contributed by atoms with Crippen LogP contribution in [-0.4, -0.2) is 17.7 Å². The monoisotopic (exact) mass is 588 g/mol. The molecule has 4 aromatic carbocycles. The molecule has 224 valence electrons. The van der Waals surface area contributed by atoms with E-state index >= 15 is 0 Å². The molecule has 5 atom stereocenters. The van der Waals surface area contributed by atoms with Gasteiger partial charge >= 0.3 is 11.9 Å². The zero-order valence-corrected chi connectivity index (χ0v) is 25.0. The Morgan fingerprint density at radius 1 is 0.591 bits per heavy atom. The van der Waals surface area contributed by atoms with Crippen LogP contribution in [0.15, 0.2) is 97.1 Å². The van der Waals surface area contributed by atoms with E-state index in [0.717, 1.165) is 47.9 Å². The molecule has 0 N–H and O–H groups in total. The third-order valence-electron chi connectivity index (χ3n) is 8.96. The number of rotatable bonds is 4. The van der Waals surface area contributed by atoms with Crippen LogP contribution < -0.4 is 0 Å². The first-order chi connectivity index (χ1) is 21.3. The molecule has 0 spiro atoms. The van der Waals surface area contributed by atoms with E-state index in [1.54, 1.807) is 6.92 Å². The molecule has 6 nitrogen and oxygen atoms in total. The first kappa shape index (κ1) is 28.5. The third-order valence-corrected chi connectivity index (χ3v) is 8.96. The van der Waals surface area contributed by atoms with Crippen molar-refractivity contribution in [2.24, 2.45) is 0 Å². The van der Waals surface area contributed by atoms with Crippen LogP contribution in [0.2, 0.25) is 0 Å². The number of esters is 2. The van der Waals surface area contributed by atoms with E-state index in [4.69, 9.17) is 18.9 Å². The molecule has 0 aromatic heterocycles. The highest BCUT2D eigenvalue weighted by Crippen LogP contribution is 2.49. The highest BCUT2D eigenvalue weighted by atomic mass is 16.8. The summed E-state index contributed by atoms with van der Waals surface area (Å²) in [6.45, 7) is 3.16. The molecule has 13 rings (SSSR count). The number of benzene rings is 4. The van der Waals surface area contributed by atoms with Crippen molar-refractivity contribution in [3.63, 3.8) is 0 Å². The van der Waals surface area contributed by atoms with Gasteiger partial charge in [0.25, 0.3) is 0 Å². The van der Waals surface area contributed by atoms with Crippen LogP contribution in [0.5, 0.6) is 0 Å². The SMILES string of the molecule is CC(=O)O[C@H]1c2ccc(cc2)CCc2ccc(cc2)[C@@H]1OC(=O)CC1(C)O[C@@H]2c3ccc(cc3)CCc3ccc(cc3)[C@@H]2O1. The zero-order valence-electron chi connectivity index (χ0n) is 25.0.